The highest BCUT2D eigenvalue weighted by Crippen LogP contribution is 2.24. The van der Waals surface area contributed by atoms with Crippen molar-refractivity contribution in [1.82, 2.24) is 20.4 Å². The molecule has 1 aromatic carbocycles. The Kier molecular flexibility index (Phi) is 4.96. The number of nitrogens with one attached hydrogen (secondary N) is 1. The molecule has 0 saturated carbocycles. The number of aromatic nitrogens is 2. The predicted molar refractivity (Wildman–Crippen MR) is 90.4 cm³/mol. The van der Waals surface area contributed by atoms with Crippen molar-refractivity contribution in [3.63, 3.8) is 0 Å². The topological polar surface area (TPSA) is 88.3 Å². The number of imide groups is 1. The van der Waals surface area contributed by atoms with Crippen molar-refractivity contribution in [3.8, 4) is 11.5 Å². The van der Waals surface area contributed by atoms with Crippen molar-refractivity contribution < 1.29 is 14.1 Å². The molecule has 1 aliphatic rings. The molecule has 1 unspecified atom stereocenters. The van der Waals surface area contributed by atoms with Gasteiger partial charge in [0.15, 0.2) is 5.82 Å². The molecule has 1 N–H and O–H groups in total. The molecule has 1 aromatic heterocycles. The zero-order valence-electron chi connectivity index (χ0n) is 13.5. The first kappa shape index (κ1) is 16.7. The summed E-state index contributed by atoms with van der Waals surface area (Å²) in [5.74, 6) is 1.13. The van der Waals surface area contributed by atoms with Crippen LogP contribution in [-0.2, 0) is 17.8 Å². The monoisotopic (exact) mass is 346 g/mol. The first-order valence-corrected chi connectivity index (χ1v) is 8.61. The van der Waals surface area contributed by atoms with Crippen LogP contribution < -0.4 is 5.32 Å². The van der Waals surface area contributed by atoms with Crippen molar-refractivity contribution in [1.29, 1.82) is 0 Å². The second-order valence-corrected chi connectivity index (χ2v) is 6.57. The second-order valence-electron chi connectivity index (χ2n) is 5.64. The number of thioether (sulfide) groups is 1. The highest BCUT2D eigenvalue weighted by molar-refractivity contribution is 8.14. The molecule has 7 nitrogen and oxygen atoms in total. The number of benzene rings is 1. The minimum absolute atomic E-state index is 0.156. The first-order chi connectivity index (χ1) is 11.6. The van der Waals surface area contributed by atoms with E-state index in [4.69, 9.17) is 4.52 Å². The van der Waals surface area contributed by atoms with Gasteiger partial charge in [0.1, 0.15) is 0 Å². The predicted octanol–water partition coefficient (Wildman–Crippen LogP) is 2.08. The molecule has 0 bridgehead atoms. The number of hydrogen-bond acceptors (Lipinski definition) is 7. The van der Waals surface area contributed by atoms with E-state index in [1.807, 2.05) is 38.2 Å². The van der Waals surface area contributed by atoms with Gasteiger partial charge < -0.3 is 9.84 Å². The number of nitrogens with zero attached hydrogens (tertiary/aromatic N) is 3. The number of hydrogen-bond donors (Lipinski definition) is 1. The lowest BCUT2D eigenvalue weighted by Gasteiger charge is -2.12. The molecule has 1 atom stereocenters. The number of carbonyl (C=O) groups excluding carboxylic acids is 2. The fourth-order valence-corrected chi connectivity index (χ4v) is 3.07. The van der Waals surface area contributed by atoms with E-state index in [-0.39, 0.29) is 29.5 Å². The van der Waals surface area contributed by atoms with Gasteiger partial charge in [-0.3, -0.25) is 14.5 Å². The fourth-order valence-electron chi connectivity index (χ4n) is 2.35. The van der Waals surface area contributed by atoms with Gasteiger partial charge in [-0.05, 0) is 31.7 Å². The van der Waals surface area contributed by atoms with Crippen molar-refractivity contribution in [2.45, 2.75) is 25.9 Å². The Bertz CT molecular complexity index is 745. The van der Waals surface area contributed by atoms with Gasteiger partial charge in [0.2, 0.25) is 5.91 Å². The van der Waals surface area contributed by atoms with Crippen LogP contribution in [0.4, 0.5) is 4.79 Å². The van der Waals surface area contributed by atoms with Gasteiger partial charge in [-0.2, -0.15) is 4.98 Å². The maximum Gasteiger partial charge on any atom is 0.289 e. The number of carbonyl (C=O) groups is 2. The Hall–Kier alpha value is -2.19. The lowest BCUT2D eigenvalue weighted by molar-refractivity contribution is -0.125. The van der Waals surface area contributed by atoms with Crippen LogP contribution in [0.2, 0.25) is 0 Å². The largest absolute Gasteiger partial charge is 0.334 e. The van der Waals surface area contributed by atoms with E-state index in [0.29, 0.717) is 18.1 Å². The average Bonchev–Trinajstić information content (AvgIpc) is 3.17. The minimum Gasteiger partial charge on any atom is -0.334 e. The summed E-state index contributed by atoms with van der Waals surface area (Å²) in [4.78, 5) is 29.1. The van der Waals surface area contributed by atoms with Crippen LogP contribution in [0.15, 0.2) is 28.8 Å². The Morgan fingerprint density at radius 2 is 2.25 bits per heavy atom. The quantitative estimate of drug-likeness (QED) is 0.856. The molecule has 0 aliphatic carbocycles. The van der Waals surface area contributed by atoms with E-state index in [1.165, 1.54) is 4.90 Å². The van der Waals surface area contributed by atoms with Crippen LogP contribution in [0.1, 0.15) is 18.3 Å². The summed E-state index contributed by atoms with van der Waals surface area (Å²) >= 11 is 1.04. The van der Waals surface area contributed by atoms with Gasteiger partial charge in [0.25, 0.3) is 11.1 Å². The van der Waals surface area contributed by atoms with Gasteiger partial charge in [-0.25, -0.2) is 0 Å². The number of likely N-dealkylation sites (N-methyl/N-ethyl adjacent to an activating group) is 1. The van der Waals surface area contributed by atoms with E-state index in [2.05, 4.69) is 15.5 Å². The summed E-state index contributed by atoms with van der Waals surface area (Å²) in [7, 11) is 1.88. The van der Waals surface area contributed by atoms with Crippen molar-refractivity contribution >= 4 is 22.9 Å². The maximum atomic E-state index is 11.7. The van der Waals surface area contributed by atoms with Crippen molar-refractivity contribution in [2.24, 2.45) is 0 Å². The van der Waals surface area contributed by atoms with Crippen LogP contribution in [0.5, 0.6) is 0 Å². The van der Waals surface area contributed by atoms with Crippen LogP contribution >= 0.6 is 11.8 Å². The Labute approximate surface area is 143 Å². The van der Waals surface area contributed by atoms with Crippen LogP contribution in [-0.4, -0.2) is 45.0 Å². The molecule has 8 heteroatoms. The van der Waals surface area contributed by atoms with E-state index in [0.717, 1.165) is 22.9 Å². The summed E-state index contributed by atoms with van der Waals surface area (Å²) in [6.45, 7) is 2.30. The molecule has 0 radical (unpaired) electrons. The van der Waals surface area contributed by atoms with Gasteiger partial charge in [0.05, 0.1) is 12.3 Å². The molecule has 2 amide bonds. The van der Waals surface area contributed by atoms with Crippen molar-refractivity contribution in [2.75, 3.05) is 12.8 Å². The molecule has 126 valence electrons. The van der Waals surface area contributed by atoms with Crippen LogP contribution in [0.3, 0.4) is 0 Å². The van der Waals surface area contributed by atoms with Gasteiger partial charge in [-0.1, -0.05) is 29.1 Å². The van der Waals surface area contributed by atoms with Gasteiger partial charge >= 0.3 is 0 Å². The third kappa shape index (κ3) is 3.65. The van der Waals surface area contributed by atoms with E-state index < -0.39 is 0 Å². The van der Waals surface area contributed by atoms with E-state index >= 15 is 0 Å². The zero-order valence-corrected chi connectivity index (χ0v) is 14.3. The molecule has 1 aliphatic heterocycles. The minimum atomic E-state index is -0.202. The molecule has 0 spiro atoms. The highest BCUT2D eigenvalue weighted by atomic mass is 32.2. The second kappa shape index (κ2) is 7.14. The van der Waals surface area contributed by atoms with E-state index in [1.54, 1.807) is 0 Å². The van der Waals surface area contributed by atoms with Crippen LogP contribution in [0, 0.1) is 0 Å². The number of amides is 2. The fraction of sp³-hybridized carbons (Fsp3) is 0.375. The smallest absolute Gasteiger partial charge is 0.289 e. The lowest BCUT2D eigenvalue weighted by atomic mass is 10.1. The summed E-state index contributed by atoms with van der Waals surface area (Å²) in [5.41, 5.74) is 1.62. The van der Waals surface area contributed by atoms with Crippen LogP contribution in [0.25, 0.3) is 11.5 Å². The van der Waals surface area contributed by atoms with E-state index in [9.17, 15) is 9.59 Å². The van der Waals surface area contributed by atoms with Crippen molar-refractivity contribution in [3.05, 3.63) is 35.7 Å². The maximum absolute atomic E-state index is 11.7. The summed E-state index contributed by atoms with van der Waals surface area (Å²) < 4.78 is 5.32. The zero-order chi connectivity index (χ0) is 17.1. The molecular formula is C16H18N4O3S. The summed E-state index contributed by atoms with van der Waals surface area (Å²) in [6, 6.07) is 7.70. The molecule has 2 heterocycles. The average molecular weight is 346 g/mol. The third-order valence-electron chi connectivity index (χ3n) is 3.80. The normalized spacial score (nSPS) is 16.0. The number of rotatable bonds is 6. The Morgan fingerprint density at radius 1 is 1.42 bits per heavy atom. The standard InChI is InChI=1S/C16H18N4O3S/c1-10(17-2)6-13-18-15(23-19-13)12-5-3-4-11(7-12)8-20-14(21)9-24-16(20)22/h3-5,7,10,17H,6,8-9H2,1-2H3. The molecule has 2 aromatic rings. The first-order valence-electron chi connectivity index (χ1n) is 7.63. The Balaban J connectivity index is 1.76. The summed E-state index contributed by atoms with van der Waals surface area (Å²) in [5, 5.41) is 6.91. The molecule has 3 rings (SSSR count). The third-order valence-corrected chi connectivity index (χ3v) is 4.66. The summed E-state index contributed by atoms with van der Waals surface area (Å²) in [6.07, 6.45) is 0.674. The Morgan fingerprint density at radius 3 is 2.96 bits per heavy atom. The molecule has 1 saturated heterocycles. The SMILES string of the molecule is CNC(C)Cc1noc(-c2cccc(CN3C(=O)CSC3=O)c2)n1. The molecular weight excluding hydrogens is 328 g/mol. The van der Waals surface area contributed by atoms with Gasteiger partial charge in [0, 0.05) is 18.0 Å². The highest BCUT2D eigenvalue weighted by Gasteiger charge is 2.29. The molecule has 1 fully saturated rings. The molecule has 24 heavy (non-hydrogen) atoms. The lowest BCUT2D eigenvalue weighted by Crippen LogP contribution is -2.27. The van der Waals surface area contributed by atoms with Gasteiger partial charge in [-0.15, -0.1) is 0 Å².